The summed E-state index contributed by atoms with van der Waals surface area (Å²) in [7, 11) is 0. The topological polar surface area (TPSA) is 42.4 Å². The normalized spacial score (nSPS) is 29.7. The minimum Gasteiger partial charge on any atom is -0.435 e. The smallest absolute Gasteiger partial charge is 0.411 e. The molecule has 0 aliphatic carbocycles. The minimum atomic E-state index is -0.755. The number of nitrogens with zero attached hydrogens (tertiary/aromatic N) is 2. The Balaban J connectivity index is 1.98. The van der Waals surface area contributed by atoms with E-state index >= 15 is 0 Å². The monoisotopic (exact) mass is 294 g/mol. The van der Waals surface area contributed by atoms with E-state index in [1.807, 2.05) is 30.0 Å². The lowest BCUT2D eigenvalue weighted by molar-refractivity contribution is -0.00270. The molecule has 0 saturated carbocycles. The molecule has 0 bridgehead atoms. The van der Waals surface area contributed by atoms with Crippen molar-refractivity contribution in [3.8, 4) is 0 Å². The lowest BCUT2D eigenvalue weighted by Crippen LogP contribution is -2.54. The Morgan fingerprint density at radius 3 is 2.77 bits per heavy atom. The standard InChI is InChI=1S/C18H18N2O2/c1-17-15-8-4-3-6-13(15)9-11-20(17)16(21)22-18(17,2)14-7-5-10-19-12-14/h3-8,10,12H,9,11H2,1-2H3/t17-,18+/m0/s1. The maximum Gasteiger partial charge on any atom is 0.411 e. The highest BCUT2D eigenvalue weighted by Crippen LogP contribution is 2.54. The van der Waals surface area contributed by atoms with Gasteiger partial charge in [0.25, 0.3) is 0 Å². The van der Waals surface area contributed by atoms with Gasteiger partial charge in [0.1, 0.15) is 5.54 Å². The fourth-order valence-electron chi connectivity index (χ4n) is 3.92. The molecule has 1 aromatic carbocycles. The molecule has 0 N–H and O–H groups in total. The largest absolute Gasteiger partial charge is 0.435 e. The van der Waals surface area contributed by atoms with Gasteiger partial charge in [0.05, 0.1) is 0 Å². The van der Waals surface area contributed by atoms with E-state index in [-0.39, 0.29) is 6.09 Å². The number of aromatic nitrogens is 1. The average Bonchev–Trinajstić information content (AvgIpc) is 2.76. The Morgan fingerprint density at radius 1 is 1.18 bits per heavy atom. The van der Waals surface area contributed by atoms with Crippen LogP contribution in [0.25, 0.3) is 0 Å². The van der Waals surface area contributed by atoms with Crippen LogP contribution in [0.3, 0.4) is 0 Å². The zero-order valence-electron chi connectivity index (χ0n) is 12.7. The number of hydrogen-bond donors (Lipinski definition) is 0. The third-order valence-electron chi connectivity index (χ3n) is 5.34. The van der Waals surface area contributed by atoms with Crippen LogP contribution in [0.1, 0.15) is 30.5 Å². The summed E-state index contributed by atoms with van der Waals surface area (Å²) < 4.78 is 5.89. The maximum atomic E-state index is 12.5. The summed E-state index contributed by atoms with van der Waals surface area (Å²) in [6.45, 7) is 4.77. The number of hydrogen-bond acceptors (Lipinski definition) is 3. The number of fused-ring (bicyclic) bond motifs is 3. The highest BCUT2D eigenvalue weighted by Gasteiger charge is 2.63. The number of carbonyl (C=O) groups excluding carboxylic acids is 1. The van der Waals surface area contributed by atoms with Crippen molar-refractivity contribution in [2.24, 2.45) is 0 Å². The highest BCUT2D eigenvalue weighted by molar-refractivity contribution is 5.75. The number of rotatable bonds is 1. The zero-order valence-corrected chi connectivity index (χ0v) is 12.7. The second-order valence-electron chi connectivity index (χ2n) is 6.27. The van der Waals surface area contributed by atoms with Gasteiger partial charge in [-0.25, -0.2) is 4.79 Å². The second kappa shape index (κ2) is 4.32. The summed E-state index contributed by atoms with van der Waals surface area (Å²) in [5.41, 5.74) is 2.09. The van der Waals surface area contributed by atoms with Gasteiger partial charge in [-0.2, -0.15) is 0 Å². The first-order valence-corrected chi connectivity index (χ1v) is 7.57. The molecule has 1 amide bonds. The van der Waals surface area contributed by atoms with Gasteiger partial charge in [0.15, 0.2) is 5.60 Å². The molecule has 22 heavy (non-hydrogen) atoms. The van der Waals surface area contributed by atoms with E-state index < -0.39 is 11.1 Å². The van der Waals surface area contributed by atoms with Crippen molar-refractivity contribution in [3.63, 3.8) is 0 Å². The number of amides is 1. The molecule has 0 spiro atoms. The van der Waals surface area contributed by atoms with Crippen LogP contribution in [-0.2, 0) is 22.3 Å². The van der Waals surface area contributed by atoms with Crippen molar-refractivity contribution in [2.75, 3.05) is 6.54 Å². The predicted molar refractivity (Wildman–Crippen MR) is 82.3 cm³/mol. The predicted octanol–water partition coefficient (Wildman–Crippen LogP) is 3.22. The molecule has 1 aromatic heterocycles. The first kappa shape index (κ1) is 13.3. The van der Waals surface area contributed by atoms with Crippen LogP contribution >= 0.6 is 0 Å². The van der Waals surface area contributed by atoms with Crippen LogP contribution in [0.2, 0.25) is 0 Å². The Kier molecular flexibility index (Phi) is 2.61. The quantitative estimate of drug-likeness (QED) is 0.811. The average molecular weight is 294 g/mol. The summed E-state index contributed by atoms with van der Waals surface area (Å²) in [4.78, 5) is 18.6. The molecule has 4 heteroatoms. The van der Waals surface area contributed by atoms with Gasteiger partial charge in [0, 0.05) is 24.5 Å². The summed E-state index contributed by atoms with van der Waals surface area (Å²) in [5.74, 6) is 0. The lowest BCUT2D eigenvalue weighted by atomic mass is 9.70. The zero-order chi connectivity index (χ0) is 15.4. The first-order chi connectivity index (χ1) is 10.6. The molecular formula is C18H18N2O2. The highest BCUT2D eigenvalue weighted by atomic mass is 16.6. The van der Waals surface area contributed by atoms with Crippen LogP contribution in [0.5, 0.6) is 0 Å². The Morgan fingerprint density at radius 2 is 2.00 bits per heavy atom. The van der Waals surface area contributed by atoms with Crippen LogP contribution in [0.15, 0.2) is 48.8 Å². The maximum absolute atomic E-state index is 12.5. The van der Waals surface area contributed by atoms with Crippen molar-refractivity contribution in [1.29, 1.82) is 0 Å². The van der Waals surface area contributed by atoms with Crippen molar-refractivity contribution in [3.05, 3.63) is 65.5 Å². The van der Waals surface area contributed by atoms with E-state index in [0.717, 1.165) is 12.0 Å². The van der Waals surface area contributed by atoms with Crippen molar-refractivity contribution >= 4 is 6.09 Å². The molecule has 0 radical (unpaired) electrons. The Labute approximate surface area is 129 Å². The molecule has 2 aromatic rings. The van der Waals surface area contributed by atoms with Gasteiger partial charge in [0.2, 0.25) is 0 Å². The molecule has 3 heterocycles. The minimum absolute atomic E-state index is 0.247. The number of benzene rings is 1. The Bertz CT molecular complexity index is 746. The number of carbonyl (C=O) groups is 1. The van der Waals surface area contributed by atoms with Gasteiger partial charge in [-0.1, -0.05) is 30.3 Å². The van der Waals surface area contributed by atoms with Crippen LogP contribution in [0, 0.1) is 0 Å². The van der Waals surface area contributed by atoms with E-state index in [1.54, 1.807) is 12.4 Å². The van der Waals surface area contributed by atoms with Crippen molar-refractivity contribution in [1.82, 2.24) is 9.88 Å². The second-order valence-corrected chi connectivity index (χ2v) is 6.27. The molecule has 2 aliphatic rings. The number of ether oxygens (including phenoxy) is 1. The van der Waals surface area contributed by atoms with E-state index in [2.05, 4.69) is 30.1 Å². The SMILES string of the molecule is C[C@]1(c2cccnc2)OC(=O)N2CCc3ccccc3[C@]21C. The molecule has 2 aliphatic heterocycles. The lowest BCUT2D eigenvalue weighted by Gasteiger charge is -2.46. The fraction of sp³-hybridized carbons (Fsp3) is 0.333. The third kappa shape index (κ3) is 1.47. The van der Waals surface area contributed by atoms with Crippen molar-refractivity contribution < 1.29 is 9.53 Å². The molecular weight excluding hydrogens is 276 g/mol. The molecule has 4 nitrogen and oxygen atoms in total. The summed E-state index contributed by atoms with van der Waals surface area (Å²) in [6.07, 6.45) is 4.14. The summed E-state index contributed by atoms with van der Waals surface area (Å²) in [6, 6.07) is 12.2. The van der Waals surface area contributed by atoms with Crippen LogP contribution in [0.4, 0.5) is 4.79 Å². The Hall–Kier alpha value is -2.36. The molecule has 4 rings (SSSR count). The van der Waals surface area contributed by atoms with Gasteiger partial charge in [-0.3, -0.25) is 9.88 Å². The van der Waals surface area contributed by atoms with E-state index in [1.165, 1.54) is 11.1 Å². The molecule has 112 valence electrons. The summed E-state index contributed by atoms with van der Waals surface area (Å²) in [5, 5.41) is 0. The van der Waals surface area contributed by atoms with Crippen molar-refractivity contribution in [2.45, 2.75) is 31.4 Å². The van der Waals surface area contributed by atoms with Gasteiger partial charge < -0.3 is 4.74 Å². The van der Waals surface area contributed by atoms with Gasteiger partial charge >= 0.3 is 6.09 Å². The van der Waals surface area contributed by atoms with E-state index in [0.29, 0.717) is 6.54 Å². The van der Waals surface area contributed by atoms with E-state index in [9.17, 15) is 4.79 Å². The number of cyclic esters (lactones) is 1. The first-order valence-electron chi connectivity index (χ1n) is 7.57. The molecule has 1 saturated heterocycles. The van der Waals surface area contributed by atoms with Crippen LogP contribution in [-0.4, -0.2) is 22.5 Å². The van der Waals surface area contributed by atoms with Crippen LogP contribution < -0.4 is 0 Å². The van der Waals surface area contributed by atoms with Gasteiger partial charge in [-0.15, -0.1) is 0 Å². The summed E-state index contributed by atoms with van der Waals surface area (Å²) >= 11 is 0. The molecule has 2 atom stereocenters. The fourth-order valence-corrected chi connectivity index (χ4v) is 3.92. The van der Waals surface area contributed by atoms with E-state index in [4.69, 9.17) is 4.74 Å². The molecule has 0 unspecified atom stereocenters. The number of pyridine rings is 1. The third-order valence-corrected chi connectivity index (χ3v) is 5.34. The molecule has 1 fully saturated rings. The van der Waals surface area contributed by atoms with Gasteiger partial charge in [-0.05, 0) is 37.5 Å².